The first-order valence-corrected chi connectivity index (χ1v) is 7.60. The van der Waals surface area contributed by atoms with Crippen LogP contribution in [0, 0.1) is 5.82 Å². The quantitative estimate of drug-likeness (QED) is 0.631. The summed E-state index contributed by atoms with van der Waals surface area (Å²) >= 11 is 0. The van der Waals surface area contributed by atoms with Gasteiger partial charge in [-0.15, -0.1) is 0 Å². The van der Waals surface area contributed by atoms with Crippen LogP contribution < -0.4 is 5.73 Å². The second kappa shape index (κ2) is 6.51. The van der Waals surface area contributed by atoms with E-state index in [4.69, 9.17) is 10.5 Å². The van der Waals surface area contributed by atoms with E-state index in [9.17, 15) is 17.6 Å². The zero-order valence-electron chi connectivity index (χ0n) is 10.6. The minimum absolute atomic E-state index is 0.0389. The summed E-state index contributed by atoms with van der Waals surface area (Å²) in [6.45, 7) is 1.45. The van der Waals surface area contributed by atoms with Crippen molar-refractivity contribution in [3.8, 4) is 0 Å². The van der Waals surface area contributed by atoms with Gasteiger partial charge in [0.25, 0.3) is 0 Å². The predicted octanol–water partition coefficient (Wildman–Crippen LogP) is 1.39. The molecular weight excluding hydrogens is 273 g/mol. The lowest BCUT2D eigenvalue weighted by atomic mass is 10.2. The second-order valence-corrected chi connectivity index (χ2v) is 6.33. The molecule has 0 unspecified atom stereocenters. The molecule has 0 bridgehead atoms. The molecule has 19 heavy (non-hydrogen) atoms. The fourth-order valence-electron chi connectivity index (χ4n) is 1.45. The van der Waals surface area contributed by atoms with Crippen LogP contribution in [0.3, 0.4) is 0 Å². The van der Waals surface area contributed by atoms with Gasteiger partial charge in [0.15, 0.2) is 9.84 Å². The first kappa shape index (κ1) is 15.4. The molecule has 0 aliphatic rings. The Morgan fingerprint density at radius 1 is 1.37 bits per heavy atom. The van der Waals surface area contributed by atoms with Gasteiger partial charge < -0.3 is 10.5 Å². The van der Waals surface area contributed by atoms with Crippen molar-refractivity contribution >= 4 is 21.5 Å². The van der Waals surface area contributed by atoms with Crippen LogP contribution in [0.25, 0.3) is 0 Å². The number of anilines is 1. The van der Waals surface area contributed by atoms with Gasteiger partial charge in [0, 0.05) is 5.69 Å². The van der Waals surface area contributed by atoms with Crippen LogP contribution in [0.5, 0.6) is 0 Å². The summed E-state index contributed by atoms with van der Waals surface area (Å²) in [7, 11) is -3.22. The molecule has 0 aliphatic heterocycles. The van der Waals surface area contributed by atoms with Gasteiger partial charge in [-0.05, 0) is 24.6 Å². The van der Waals surface area contributed by atoms with Crippen LogP contribution in [0.15, 0.2) is 18.2 Å². The molecule has 0 atom stereocenters. The molecule has 0 fully saturated rings. The lowest BCUT2D eigenvalue weighted by Crippen LogP contribution is -2.18. The highest BCUT2D eigenvalue weighted by Crippen LogP contribution is 2.13. The summed E-state index contributed by atoms with van der Waals surface area (Å²) < 4.78 is 40.8. The van der Waals surface area contributed by atoms with Crippen molar-refractivity contribution in [1.82, 2.24) is 0 Å². The van der Waals surface area contributed by atoms with Gasteiger partial charge in [0.1, 0.15) is 12.4 Å². The minimum Gasteiger partial charge on any atom is -0.461 e. The molecule has 1 aromatic carbocycles. The average molecular weight is 289 g/mol. The van der Waals surface area contributed by atoms with Crippen LogP contribution >= 0.6 is 0 Å². The van der Waals surface area contributed by atoms with Crippen LogP contribution in [-0.4, -0.2) is 32.5 Å². The SMILES string of the molecule is CCCS(=O)(=O)CCOC(=O)c1cc(N)ccc1F. The van der Waals surface area contributed by atoms with Crippen LogP contribution in [-0.2, 0) is 14.6 Å². The molecule has 0 spiro atoms. The van der Waals surface area contributed by atoms with E-state index in [0.717, 1.165) is 12.1 Å². The third kappa shape index (κ3) is 4.86. The van der Waals surface area contributed by atoms with Gasteiger partial charge in [-0.3, -0.25) is 0 Å². The zero-order chi connectivity index (χ0) is 14.5. The minimum atomic E-state index is -3.22. The second-order valence-electron chi connectivity index (χ2n) is 4.03. The summed E-state index contributed by atoms with van der Waals surface area (Å²) in [5.74, 6) is -1.90. The Hall–Kier alpha value is -1.63. The van der Waals surface area contributed by atoms with Crippen molar-refractivity contribution in [3.05, 3.63) is 29.6 Å². The smallest absolute Gasteiger partial charge is 0.341 e. The Balaban J connectivity index is 2.59. The fourth-order valence-corrected chi connectivity index (χ4v) is 2.61. The van der Waals surface area contributed by atoms with E-state index in [-0.39, 0.29) is 29.4 Å². The average Bonchev–Trinajstić information content (AvgIpc) is 2.31. The molecule has 0 saturated heterocycles. The van der Waals surface area contributed by atoms with Gasteiger partial charge in [-0.25, -0.2) is 17.6 Å². The number of nitrogen functional groups attached to an aromatic ring is 1. The number of ether oxygens (including phenoxy) is 1. The Labute approximate surface area is 111 Å². The van der Waals surface area contributed by atoms with Crippen molar-refractivity contribution in [2.75, 3.05) is 23.8 Å². The zero-order valence-corrected chi connectivity index (χ0v) is 11.4. The molecular formula is C12H16FNO4S. The third-order valence-corrected chi connectivity index (χ3v) is 4.17. The van der Waals surface area contributed by atoms with E-state index in [1.807, 2.05) is 0 Å². The van der Waals surface area contributed by atoms with Crippen molar-refractivity contribution in [3.63, 3.8) is 0 Å². The lowest BCUT2D eigenvalue weighted by molar-refractivity contribution is 0.0524. The number of sulfone groups is 1. The normalized spacial score (nSPS) is 11.3. The van der Waals surface area contributed by atoms with Gasteiger partial charge in [-0.2, -0.15) is 0 Å². The Bertz CT molecular complexity index is 557. The number of carbonyl (C=O) groups is 1. The molecule has 0 aromatic heterocycles. The van der Waals surface area contributed by atoms with E-state index in [2.05, 4.69) is 0 Å². The predicted molar refractivity (Wildman–Crippen MR) is 70.0 cm³/mol. The van der Waals surface area contributed by atoms with Gasteiger partial charge in [0.05, 0.1) is 17.1 Å². The maximum Gasteiger partial charge on any atom is 0.341 e. The van der Waals surface area contributed by atoms with E-state index in [1.54, 1.807) is 6.92 Å². The first-order chi connectivity index (χ1) is 8.85. The van der Waals surface area contributed by atoms with Gasteiger partial charge >= 0.3 is 5.97 Å². The number of nitrogens with two attached hydrogens (primary N) is 1. The molecule has 5 nitrogen and oxygen atoms in total. The molecule has 2 N–H and O–H groups in total. The standard InChI is InChI=1S/C12H16FNO4S/c1-2-6-19(16,17)7-5-18-12(15)10-8-9(14)3-4-11(10)13/h3-4,8H,2,5-7,14H2,1H3. The maximum absolute atomic E-state index is 13.3. The van der Waals surface area contributed by atoms with E-state index < -0.39 is 21.6 Å². The number of benzene rings is 1. The Kier molecular flexibility index (Phi) is 5.29. The molecule has 0 heterocycles. The van der Waals surface area contributed by atoms with Crippen LogP contribution in [0.2, 0.25) is 0 Å². The summed E-state index contributed by atoms with van der Waals surface area (Å²) in [6.07, 6.45) is 0.500. The summed E-state index contributed by atoms with van der Waals surface area (Å²) in [5, 5.41) is 0. The highest BCUT2D eigenvalue weighted by atomic mass is 32.2. The number of esters is 1. The number of carbonyl (C=O) groups excluding carboxylic acids is 1. The van der Waals surface area contributed by atoms with Crippen molar-refractivity contribution in [1.29, 1.82) is 0 Å². The summed E-state index contributed by atoms with van der Waals surface area (Å²) in [5.41, 5.74) is 5.36. The molecule has 0 aliphatic carbocycles. The maximum atomic E-state index is 13.3. The number of hydrogen-bond acceptors (Lipinski definition) is 5. The first-order valence-electron chi connectivity index (χ1n) is 5.78. The summed E-state index contributed by atoms with van der Waals surface area (Å²) in [6, 6.07) is 3.52. The highest BCUT2D eigenvalue weighted by Gasteiger charge is 2.15. The Morgan fingerprint density at radius 3 is 2.68 bits per heavy atom. The molecule has 1 rings (SSSR count). The highest BCUT2D eigenvalue weighted by molar-refractivity contribution is 7.91. The van der Waals surface area contributed by atoms with E-state index in [1.165, 1.54) is 6.07 Å². The monoisotopic (exact) mass is 289 g/mol. The molecule has 1 aromatic rings. The van der Waals surface area contributed by atoms with Crippen molar-refractivity contribution in [2.24, 2.45) is 0 Å². The molecule has 106 valence electrons. The number of halogens is 1. The van der Waals surface area contributed by atoms with Crippen molar-refractivity contribution in [2.45, 2.75) is 13.3 Å². The summed E-state index contributed by atoms with van der Waals surface area (Å²) in [4.78, 5) is 11.5. The van der Waals surface area contributed by atoms with E-state index >= 15 is 0 Å². The van der Waals surface area contributed by atoms with E-state index in [0.29, 0.717) is 6.42 Å². The molecule has 0 radical (unpaired) electrons. The van der Waals surface area contributed by atoms with Crippen molar-refractivity contribution < 1.29 is 22.3 Å². The molecule has 7 heteroatoms. The fraction of sp³-hybridized carbons (Fsp3) is 0.417. The third-order valence-electron chi connectivity index (χ3n) is 2.35. The topological polar surface area (TPSA) is 86.5 Å². The Morgan fingerprint density at radius 2 is 2.05 bits per heavy atom. The van der Waals surface area contributed by atoms with Crippen LogP contribution in [0.4, 0.5) is 10.1 Å². The molecule has 0 amide bonds. The number of rotatable bonds is 6. The largest absolute Gasteiger partial charge is 0.461 e. The number of hydrogen-bond donors (Lipinski definition) is 1. The molecule has 0 saturated carbocycles. The van der Waals surface area contributed by atoms with Gasteiger partial charge in [0.2, 0.25) is 0 Å². The lowest BCUT2D eigenvalue weighted by Gasteiger charge is -2.06. The van der Waals surface area contributed by atoms with Crippen LogP contribution in [0.1, 0.15) is 23.7 Å². The van der Waals surface area contributed by atoms with Gasteiger partial charge in [-0.1, -0.05) is 6.92 Å².